The first-order valence-corrected chi connectivity index (χ1v) is 8.13. The molecular weight excluding hydrogens is 292 g/mol. The maximum atomic E-state index is 4.28. The number of hydrogen-bond acceptors (Lipinski definition) is 1. The molecule has 2 nitrogen and oxygen atoms in total. The Morgan fingerprint density at radius 3 is 2.29 bits per heavy atom. The van der Waals surface area contributed by atoms with E-state index in [1.807, 2.05) is 18.5 Å². The Hall–Kier alpha value is -3.00. The van der Waals surface area contributed by atoms with Crippen LogP contribution in [-0.4, -0.2) is 4.98 Å². The zero-order chi connectivity index (χ0) is 16.5. The molecule has 4 rings (SSSR count). The number of rotatable bonds is 2. The van der Waals surface area contributed by atoms with Crippen molar-refractivity contribution >= 4 is 10.8 Å². The third kappa shape index (κ3) is 2.37. The van der Waals surface area contributed by atoms with Gasteiger partial charge in [-0.3, -0.25) is 4.98 Å². The predicted octanol–water partition coefficient (Wildman–Crippen LogP) is 4.70. The molecule has 0 bridgehead atoms. The van der Waals surface area contributed by atoms with Gasteiger partial charge in [-0.1, -0.05) is 42.5 Å². The lowest BCUT2D eigenvalue weighted by Crippen LogP contribution is -2.31. The molecule has 0 amide bonds. The van der Waals surface area contributed by atoms with Crippen molar-refractivity contribution in [3.8, 4) is 22.4 Å². The fraction of sp³-hybridized carbons (Fsp3) is 0.0909. The lowest BCUT2D eigenvalue weighted by atomic mass is 9.95. The Bertz CT molecular complexity index is 1020. The highest BCUT2D eigenvalue weighted by molar-refractivity contribution is 6.01. The van der Waals surface area contributed by atoms with Crippen molar-refractivity contribution in [2.45, 2.75) is 6.92 Å². The average molecular weight is 311 g/mol. The highest BCUT2D eigenvalue weighted by Gasteiger charge is 2.20. The molecule has 0 aliphatic heterocycles. The van der Waals surface area contributed by atoms with Gasteiger partial charge in [-0.05, 0) is 30.7 Å². The van der Waals surface area contributed by atoms with E-state index in [1.165, 1.54) is 33.2 Å². The van der Waals surface area contributed by atoms with Crippen LogP contribution >= 0.6 is 0 Å². The SMILES string of the molecule is Cc1ccccc1-c1c2ccccc2c(-c2cccnc2)c[n+]1C. The highest BCUT2D eigenvalue weighted by atomic mass is 14.9. The molecular formula is C22H19N2+. The Balaban J connectivity index is 2.09. The minimum atomic E-state index is 1.14. The van der Waals surface area contributed by atoms with Gasteiger partial charge in [0.2, 0.25) is 5.69 Å². The standard InChI is InChI=1S/C22H19N2/c1-16-8-3-4-10-18(16)22-20-12-6-5-11-19(20)21(15-24(22)2)17-9-7-13-23-14-17/h3-15H,1-2H3/q+1. The van der Waals surface area contributed by atoms with E-state index in [4.69, 9.17) is 0 Å². The number of aromatic nitrogens is 2. The molecule has 0 saturated heterocycles. The van der Waals surface area contributed by atoms with Crippen LogP contribution in [0.3, 0.4) is 0 Å². The van der Waals surface area contributed by atoms with Crippen LogP contribution in [0, 0.1) is 6.92 Å². The second kappa shape index (κ2) is 5.89. The van der Waals surface area contributed by atoms with Gasteiger partial charge in [-0.25, -0.2) is 0 Å². The monoisotopic (exact) mass is 311 g/mol. The van der Waals surface area contributed by atoms with Gasteiger partial charge in [0.15, 0.2) is 6.20 Å². The van der Waals surface area contributed by atoms with E-state index in [2.05, 4.69) is 84.3 Å². The summed E-state index contributed by atoms with van der Waals surface area (Å²) in [6.07, 6.45) is 5.95. The number of benzene rings is 2. The van der Waals surface area contributed by atoms with Crippen molar-refractivity contribution in [1.29, 1.82) is 0 Å². The average Bonchev–Trinajstić information content (AvgIpc) is 2.63. The molecule has 0 atom stereocenters. The van der Waals surface area contributed by atoms with Crippen molar-refractivity contribution in [1.82, 2.24) is 4.98 Å². The van der Waals surface area contributed by atoms with Gasteiger partial charge in [0.25, 0.3) is 0 Å². The van der Waals surface area contributed by atoms with Gasteiger partial charge in [-0.2, -0.15) is 4.57 Å². The summed E-state index contributed by atoms with van der Waals surface area (Å²) in [4.78, 5) is 4.28. The normalized spacial score (nSPS) is 10.9. The Kier molecular flexibility index (Phi) is 3.58. The highest BCUT2D eigenvalue weighted by Crippen LogP contribution is 2.33. The van der Waals surface area contributed by atoms with Crippen molar-refractivity contribution in [3.63, 3.8) is 0 Å². The van der Waals surface area contributed by atoms with Crippen molar-refractivity contribution in [2.24, 2.45) is 7.05 Å². The van der Waals surface area contributed by atoms with Crippen molar-refractivity contribution < 1.29 is 4.57 Å². The van der Waals surface area contributed by atoms with Crippen LogP contribution in [0.25, 0.3) is 33.2 Å². The fourth-order valence-corrected chi connectivity index (χ4v) is 3.37. The van der Waals surface area contributed by atoms with E-state index < -0.39 is 0 Å². The molecule has 2 heterocycles. The van der Waals surface area contributed by atoms with Gasteiger partial charge in [-0.15, -0.1) is 0 Å². The van der Waals surface area contributed by atoms with Crippen molar-refractivity contribution in [2.75, 3.05) is 0 Å². The van der Waals surface area contributed by atoms with Gasteiger partial charge < -0.3 is 0 Å². The third-order valence-corrected chi connectivity index (χ3v) is 4.52. The van der Waals surface area contributed by atoms with Crippen molar-refractivity contribution in [3.05, 3.63) is 84.8 Å². The quantitative estimate of drug-likeness (QED) is 0.490. The molecule has 0 N–H and O–H groups in total. The maximum Gasteiger partial charge on any atom is 0.220 e. The number of fused-ring (bicyclic) bond motifs is 1. The lowest BCUT2D eigenvalue weighted by molar-refractivity contribution is -0.658. The van der Waals surface area contributed by atoms with E-state index in [0.717, 1.165) is 5.56 Å². The summed E-state index contributed by atoms with van der Waals surface area (Å²) in [5.41, 5.74) is 6.15. The van der Waals surface area contributed by atoms with E-state index in [0.29, 0.717) is 0 Å². The first-order chi connectivity index (χ1) is 11.8. The van der Waals surface area contributed by atoms with E-state index in [1.54, 1.807) is 0 Å². The topological polar surface area (TPSA) is 16.8 Å². The molecule has 0 saturated carbocycles. The third-order valence-electron chi connectivity index (χ3n) is 4.52. The molecule has 0 aliphatic rings. The summed E-state index contributed by atoms with van der Waals surface area (Å²) < 4.78 is 2.23. The van der Waals surface area contributed by atoms with Crippen LogP contribution in [0.2, 0.25) is 0 Å². The Morgan fingerprint density at radius 1 is 0.792 bits per heavy atom. The molecule has 2 aromatic carbocycles. The number of nitrogens with zero attached hydrogens (tertiary/aromatic N) is 2. The zero-order valence-electron chi connectivity index (χ0n) is 13.9. The maximum absolute atomic E-state index is 4.28. The predicted molar refractivity (Wildman–Crippen MR) is 98.5 cm³/mol. The minimum absolute atomic E-state index is 1.14. The molecule has 0 fully saturated rings. The minimum Gasteiger partial charge on any atom is -0.264 e. The molecule has 2 heteroatoms. The van der Waals surface area contributed by atoms with Crippen LogP contribution in [-0.2, 0) is 7.05 Å². The molecule has 2 aromatic heterocycles. The second-order valence-electron chi connectivity index (χ2n) is 6.10. The van der Waals surface area contributed by atoms with E-state index >= 15 is 0 Å². The van der Waals surface area contributed by atoms with Crippen LogP contribution in [0.1, 0.15) is 5.56 Å². The molecule has 4 aromatic rings. The van der Waals surface area contributed by atoms with Gasteiger partial charge in [0.05, 0.1) is 10.9 Å². The first-order valence-electron chi connectivity index (χ1n) is 8.13. The molecule has 0 unspecified atom stereocenters. The first kappa shape index (κ1) is 14.6. The molecule has 0 aliphatic carbocycles. The fourth-order valence-electron chi connectivity index (χ4n) is 3.37. The largest absolute Gasteiger partial charge is 0.264 e. The van der Waals surface area contributed by atoms with Crippen LogP contribution < -0.4 is 4.57 Å². The smallest absolute Gasteiger partial charge is 0.220 e. The number of pyridine rings is 2. The van der Waals surface area contributed by atoms with Crippen LogP contribution in [0.15, 0.2) is 79.3 Å². The van der Waals surface area contributed by atoms with E-state index in [9.17, 15) is 0 Å². The number of aryl methyl sites for hydroxylation is 2. The van der Waals surface area contributed by atoms with Gasteiger partial charge >= 0.3 is 0 Å². The summed E-state index contributed by atoms with van der Waals surface area (Å²) in [5, 5.41) is 2.51. The Morgan fingerprint density at radius 2 is 1.54 bits per heavy atom. The molecule has 24 heavy (non-hydrogen) atoms. The summed E-state index contributed by atoms with van der Waals surface area (Å²) >= 11 is 0. The molecule has 0 radical (unpaired) electrons. The van der Waals surface area contributed by atoms with Crippen LogP contribution in [0.5, 0.6) is 0 Å². The summed E-state index contributed by atoms with van der Waals surface area (Å²) in [6, 6.07) is 21.3. The second-order valence-corrected chi connectivity index (χ2v) is 6.10. The summed E-state index contributed by atoms with van der Waals surface area (Å²) in [5.74, 6) is 0. The van der Waals surface area contributed by atoms with Crippen LogP contribution in [0.4, 0.5) is 0 Å². The van der Waals surface area contributed by atoms with Gasteiger partial charge in [0.1, 0.15) is 7.05 Å². The van der Waals surface area contributed by atoms with Gasteiger partial charge in [0, 0.05) is 28.9 Å². The Labute approximate surface area is 142 Å². The summed E-state index contributed by atoms with van der Waals surface area (Å²) in [6.45, 7) is 2.17. The lowest BCUT2D eigenvalue weighted by Gasteiger charge is -2.11. The zero-order valence-corrected chi connectivity index (χ0v) is 13.9. The summed E-state index contributed by atoms with van der Waals surface area (Å²) in [7, 11) is 2.12. The van der Waals surface area contributed by atoms with E-state index in [-0.39, 0.29) is 0 Å². The molecule has 0 spiro atoms. The molecule has 116 valence electrons. The number of hydrogen-bond donors (Lipinski definition) is 0.